The fourth-order valence-corrected chi connectivity index (χ4v) is 3.11. The molecule has 2 aliphatic heterocycles. The molecule has 0 spiro atoms. The fraction of sp³-hybridized carbons (Fsp3) is 0.300. The van der Waals surface area contributed by atoms with E-state index in [1.54, 1.807) is 0 Å². The van der Waals surface area contributed by atoms with Gasteiger partial charge in [-0.2, -0.15) is 0 Å². The van der Waals surface area contributed by atoms with Crippen LogP contribution in [0.3, 0.4) is 0 Å². The minimum Gasteiger partial charge on any atom is -0.504 e. The van der Waals surface area contributed by atoms with Gasteiger partial charge in [0.25, 0.3) is 0 Å². The molecular formula is C20H18O11. The highest BCUT2D eigenvalue weighted by Crippen LogP contribution is 2.41. The first kappa shape index (κ1) is 20.7. The van der Waals surface area contributed by atoms with Gasteiger partial charge in [0.2, 0.25) is 0 Å². The van der Waals surface area contributed by atoms with Gasteiger partial charge in [-0.1, -0.05) is 0 Å². The average Bonchev–Trinajstić information content (AvgIpc) is 3.65. The predicted molar refractivity (Wildman–Crippen MR) is 99.7 cm³/mol. The molecule has 6 N–H and O–H groups in total. The number of rotatable bonds is 8. The number of epoxide rings is 2. The number of carbonyl (C=O) groups excluding carboxylic acids is 2. The van der Waals surface area contributed by atoms with Crippen molar-refractivity contribution in [3.63, 3.8) is 0 Å². The van der Waals surface area contributed by atoms with E-state index in [0.29, 0.717) is 0 Å². The van der Waals surface area contributed by atoms with E-state index in [4.69, 9.17) is 14.2 Å². The van der Waals surface area contributed by atoms with Crippen LogP contribution in [0.5, 0.6) is 34.5 Å². The van der Waals surface area contributed by atoms with E-state index < -0.39 is 57.3 Å². The van der Waals surface area contributed by atoms with E-state index in [1.807, 2.05) is 0 Å². The average molecular weight is 434 g/mol. The van der Waals surface area contributed by atoms with Crippen molar-refractivity contribution < 1.29 is 54.4 Å². The highest BCUT2D eigenvalue weighted by Gasteiger charge is 2.56. The Kier molecular flexibility index (Phi) is 4.69. The first-order valence-electron chi connectivity index (χ1n) is 9.04. The third kappa shape index (κ3) is 3.58. The van der Waals surface area contributed by atoms with E-state index in [1.165, 1.54) is 0 Å². The number of phenols is 6. The SMILES string of the molecule is O=C(c1cc(O)c(O)c(O)c1)C1(COCC2(C(=O)c3cc(O)c(O)c(O)c3)CO2)CO1. The molecule has 0 radical (unpaired) electrons. The maximum Gasteiger partial charge on any atom is 0.200 e. The summed E-state index contributed by atoms with van der Waals surface area (Å²) in [4.78, 5) is 25.4. The molecule has 2 aliphatic rings. The Morgan fingerprint density at radius 3 is 1.26 bits per heavy atom. The van der Waals surface area contributed by atoms with Gasteiger partial charge in [-0.15, -0.1) is 0 Å². The van der Waals surface area contributed by atoms with Crippen molar-refractivity contribution in [1.29, 1.82) is 0 Å². The fourth-order valence-electron chi connectivity index (χ4n) is 3.11. The van der Waals surface area contributed by atoms with Gasteiger partial charge in [0.1, 0.15) is 0 Å². The lowest BCUT2D eigenvalue weighted by atomic mass is 9.97. The van der Waals surface area contributed by atoms with E-state index in [2.05, 4.69) is 0 Å². The summed E-state index contributed by atoms with van der Waals surface area (Å²) < 4.78 is 16.0. The van der Waals surface area contributed by atoms with Gasteiger partial charge in [-0.3, -0.25) is 9.59 Å². The maximum atomic E-state index is 12.7. The largest absolute Gasteiger partial charge is 0.504 e. The van der Waals surface area contributed by atoms with Gasteiger partial charge in [0.05, 0.1) is 26.4 Å². The quantitative estimate of drug-likeness (QED) is 0.193. The van der Waals surface area contributed by atoms with E-state index in [0.717, 1.165) is 24.3 Å². The molecule has 2 aromatic rings. The van der Waals surface area contributed by atoms with Gasteiger partial charge >= 0.3 is 0 Å². The Morgan fingerprint density at radius 1 is 0.710 bits per heavy atom. The Balaban J connectivity index is 1.42. The molecule has 4 rings (SSSR count). The lowest BCUT2D eigenvalue weighted by Gasteiger charge is -2.16. The number of hydrogen-bond donors (Lipinski definition) is 6. The molecule has 11 nitrogen and oxygen atoms in total. The number of aromatic hydroxyl groups is 6. The highest BCUT2D eigenvalue weighted by atomic mass is 16.6. The topological polar surface area (TPSA) is 190 Å². The zero-order chi connectivity index (χ0) is 22.6. The molecule has 11 heteroatoms. The Bertz CT molecular complexity index is 951. The second-order valence-electron chi connectivity index (χ2n) is 7.44. The summed E-state index contributed by atoms with van der Waals surface area (Å²) in [5.74, 6) is -5.37. The molecule has 0 aromatic heterocycles. The van der Waals surface area contributed by atoms with Crippen LogP contribution in [0.25, 0.3) is 0 Å². The van der Waals surface area contributed by atoms with Crippen molar-refractivity contribution >= 4 is 11.6 Å². The number of Topliss-reactive ketones (excluding diaryl/α,β-unsaturated/α-hetero) is 2. The lowest BCUT2D eigenvalue weighted by Crippen LogP contribution is -2.35. The maximum absolute atomic E-state index is 12.7. The van der Waals surface area contributed by atoms with Gasteiger partial charge in [-0.05, 0) is 24.3 Å². The van der Waals surface area contributed by atoms with Crippen LogP contribution in [0.2, 0.25) is 0 Å². The number of ether oxygens (including phenoxy) is 3. The van der Waals surface area contributed by atoms with Crippen LogP contribution in [0.1, 0.15) is 20.7 Å². The molecule has 2 unspecified atom stereocenters. The van der Waals surface area contributed by atoms with Gasteiger partial charge < -0.3 is 44.8 Å². The molecule has 2 saturated heterocycles. The standard InChI is InChI=1S/C20H18O11/c21-11-1-9(2-12(22)15(11)25)17(27)19(7-30-19)5-29-6-20(8-31-20)18(28)10-3-13(23)16(26)14(24)4-10/h1-4,21-26H,5-8H2. The summed E-state index contributed by atoms with van der Waals surface area (Å²) in [6.07, 6.45) is 0. The molecule has 0 bridgehead atoms. The Labute approximate surface area is 174 Å². The van der Waals surface area contributed by atoms with Crippen LogP contribution in [0.4, 0.5) is 0 Å². The molecule has 2 aromatic carbocycles. The highest BCUT2D eigenvalue weighted by molar-refractivity contribution is 6.06. The summed E-state index contributed by atoms with van der Waals surface area (Å²) in [6, 6.07) is 3.94. The Hall–Kier alpha value is -3.54. The number of benzene rings is 2. The van der Waals surface area contributed by atoms with E-state index in [-0.39, 0.29) is 37.6 Å². The van der Waals surface area contributed by atoms with E-state index >= 15 is 0 Å². The second-order valence-corrected chi connectivity index (χ2v) is 7.44. The van der Waals surface area contributed by atoms with Crippen molar-refractivity contribution in [2.75, 3.05) is 26.4 Å². The normalized spacial score (nSPS) is 24.0. The molecule has 2 atom stereocenters. The predicted octanol–water partition coefficient (Wildman–Crippen LogP) is 0.540. The molecule has 0 aliphatic carbocycles. The van der Waals surface area contributed by atoms with Crippen LogP contribution in [-0.2, 0) is 14.2 Å². The molecule has 0 saturated carbocycles. The second kappa shape index (κ2) is 7.01. The molecule has 2 heterocycles. The molecule has 31 heavy (non-hydrogen) atoms. The van der Waals surface area contributed by atoms with Crippen LogP contribution < -0.4 is 0 Å². The molecule has 164 valence electrons. The molecule has 0 amide bonds. The minimum atomic E-state index is -1.37. The van der Waals surface area contributed by atoms with E-state index in [9.17, 15) is 40.2 Å². The first-order valence-corrected chi connectivity index (χ1v) is 9.04. The first-order chi connectivity index (χ1) is 14.6. The van der Waals surface area contributed by atoms with Crippen molar-refractivity contribution in [2.45, 2.75) is 11.2 Å². The lowest BCUT2D eigenvalue weighted by molar-refractivity contribution is 0.0360. The zero-order valence-electron chi connectivity index (χ0n) is 15.9. The van der Waals surface area contributed by atoms with Crippen LogP contribution in [-0.4, -0.2) is 79.8 Å². The smallest absolute Gasteiger partial charge is 0.200 e. The third-order valence-electron chi connectivity index (χ3n) is 5.15. The number of carbonyl (C=O) groups is 2. The molecular weight excluding hydrogens is 416 g/mol. The number of hydrogen-bond acceptors (Lipinski definition) is 11. The van der Waals surface area contributed by atoms with Crippen LogP contribution in [0.15, 0.2) is 24.3 Å². The summed E-state index contributed by atoms with van der Waals surface area (Å²) in [6.45, 7) is -0.483. The third-order valence-corrected chi connectivity index (χ3v) is 5.15. The Morgan fingerprint density at radius 2 is 1.00 bits per heavy atom. The van der Waals surface area contributed by atoms with Gasteiger partial charge in [-0.25, -0.2) is 0 Å². The van der Waals surface area contributed by atoms with Crippen molar-refractivity contribution in [3.05, 3.63) is 35.4 Å². The zero-order valence-corrected chi connectivity index (χ0v) is 15.9. The minimum absolute atomic E-state index is 0.00967. The summed E-state index contributed by atoms with van der Waals surface area (Å²) in [7, 11) is 0. The summed E-state index contributed by atoms with van der Waals surface area (Å²) in [5, 5.41) is 57.2. The summed E-state index contributed by atoms with van der Waals surface area (Å²) in [5.41, 5.74) is -2.94. The van der Waals surface area contributed by atoms with Crippen LogP contribution in [0, 0.1) is 0 Å². The van der Waals surface area contributed by atoms with Crippen LogP contribution >= 0.6 is 0 Å². The van der Waals surface area contributed by atoms with Gasteiger partial charge in [0, 0.05) is 11.1 Å². The van der Waals surface area contributed by atoms with Crippen molar-refractivity contribution in [2.24, 2.45) is 0 Å². The van der Waals surface area contributed by atoms with Gasteiger partial charge in [0.15, 0.2) is 57.3 Å². The molecule has 2 fully saturated rings. The van der Waals surface area contributed by atoms with Crippen molar-refractivity contribution in [1.82, 2.24) is 0 Å². The van der Waals surface area contributed by atoms with Crippen molar-refractivity contribution in [3.8, 4) is 34.5 Å². The monoisotopic (exact) mass is 434 g/mol. The number of phenolic OH excluding ortho intramolecular Hbond substituents is 6. The summed E-state index contributed by atoms with van der Waals surface area (Å²) >= 11 is 0. The number of ketones is 2.